The van der Waals surface area contributed by atoms with Gasteiger partial charge >= 0.3 is 0 Å². The molecule has 0 aliphatic rings. The minimum Gasteiger partial charge on any atom is -0.449 e. The molecule has 0 spiro atoms. The van der Waals surface area contributed by atoms with Crippen LogP contribution >= 0.6 is 0 Å². The predicted molar refractivity (Wildman–Crippen MR) is 48.9 cm³/mol. The molecule has 0 saturated heterocycles. The first-order valence-electron chi connectivity index (χ1n) is 3.65. The number of aromatic nitrogens is 2. The van der Waals surface area contributed by atoms with Crippen molar-refractivity contribution in [3.63, 3.8) is 0 Å². The first-order chi connectivity index (χ1) is 6.65. The Morgan fingerprint density at radius 1 is 1.21 bits per heavy atom. The third-order valence-corrected chi connectivity index (χ3v) is 1.33. The van der Waals surface area contributed by atoms with E-state index in [4.69, 9.17) is 27.0 Å². The molecule has 8 nitrogen and oxygen atoms in total. The van der Waals surface area contributed by atoms with Crippen molar-refractivity contribution in [1.29, 1.82) is 0 Å². The van der Waals surface area contributed by atoms with Crippen molar-refractivity contribution in [2.24, 2.45) is 0 Å². The predicted octanol–water partition coefficient (Wildman–Crippen LogP) is -1.47. The Morgan fingerprint density at radius 2 is 1.93 bits per heavy atom. The monoisotopic (exact) mass is 201 g/mol. The van der Waals surface area contributed by atoms with Crippen molar-refractivity contribution in [2.45, 2.75) is 0 Å². The number of rotatable bonds is 4. The summed E-state index contributed by atoms with van der Waals surface area (Å²) in [5, 5.41) is 8.31. The van der Waals surface area contributed by atoms with Crippen LogP contribution in [0.15, 0.2) is 0 Å². The van der Waals surface area contributed by atoms with E-state index >= 15 is 0 Å². The lowest BCUT2D eigenvalue weighted by atomic mass is 10.5. The van der Waals surface area contributed by atoms with Crippen molar-refractivity contribution in [3.05, 3.63) is 0 Å². The summed E-state index contributed by atoms with van der Waals surface area (Å²) in [7, 11) is 0. The molecule has 0 saturated carbocycles. The maximum atomic E-state index is 8.31. The highest BCUT2D eigenvalue weighted by atomic mass is 16.7. The summed E-state index contributed by atoms with van der Waals surface area (Å²) in [6.07, 6.45) is 0. The lowest BCUT2D eigenvalue weighted by Gasteiger charge is -2.08. The average Bonchev–Trinajstić information content (AvgIpc) is 2.13. The normalized spacial score (nSPS) is 10.1. The van der Waals surface area contributed by atoms with Crippen molar-refractivity contribution in [2.75, 3.05) is 30.8 Å². The standard InChI is InChI=1S/C6H11N5O3/c7-3-4(8)10-6(9)11-5(3)14-2-13-1-12/h12H,1-2,7H2,(H4,8,9,10,11). The van der Waals surface area contributed by atoms with Gasteiger partial charge in [-0.25, -0.2) is 0 Å². The van der Waals surface area contributed by atoms with Crippen LogP contribution in [0.3, 0.4) is 0 Å². The number of hydrogen-bond acceptors (Lipinski definition) is 8. The molecule has 14 heavy (non-hydrogen) atoms. The number of aliphatic hydroxyl groups excluding tert-OH is 1. The molecule has 0 aliphatic heterocycles. The molecule has 0 amide bonds. The van der Waals surface area contributed by atoms with Gasteiger partial charge in [0.25, 0.3) is 0 Å². The number of nitrogens with zero attached hydrogens (tertiary/aromatic N) is 2. The van der Waals surface area contributed by atoms with E-state index in [2.05, 4.69) is 14.7 Å². The van der Waals surface area contributed by atoms with Crippen LogP contribution in [0.4, 0.5) is 17.5 Å². The molecule has 1 aromatic rings. The number of nitrogen functional groups attached to an aromatic ring is 3. The molecular weight excluding hydrogens is 190 g/mol. The SMILES string of the molecule is Nc1nc(N)c(N)c(OCOCO)n1. The highest BCUT2D eigenvalue weighted by Gasteiger charge is 2.08. The van der Waals surface area contributed by atoms with Gasteiger partial charge in [0.05, 0.1) is 0 Å². The fraction of sp³-hybridized carbons (Fsp3) is 0.333. The lowest BCUT2D eigenvalue weighted by Crippen LogP contribution is -2.10. The van der Waals surface area contributed by atoms with E-state index in [-0.39, 0.29) is 30.1 Å². The van der Waals surface area contributed by atoms with Gasteiger partial charge in [-0.2, -0.15) is 9.97 Å². The molecule has 0 fully saturated rings. The molecule has 0 aliphatic carbocycles. The topological polar surface area (TPSA) is 143 Å². The highest BCUT2D eigenvalue weighted by molar-refractivity contribution is 5.65. The molecule has 0 unspecified atom stereocenters. The molecule has 0 atom stereocenters. The lowest BCUT2D eigenvalue weighted by molar-refractivity contribution is -0.0663. The van der Waals surface area contributed by atoms with Crippen LogP contribution in [0, 0.1) is 0 Å². The van der Waals surface area contributed by atoms with Crippen LogP contribution in [0.5, 0.6) is 5.88 Å². The minimum absolute atomic E-state index is 0.0310. The second-order valence-corrected chi connectivity index (χ2v) is 2.28. The summed E-state index contributed by atoms with van der Waals surface area (Å²) in [6, 6.07) is 0. The summed E-state index contributed by atoms with van der Waals surface area (Å²) < 4.78 is 9.43. The van der Waals surface area contributed by atoms with Gasteiger partial charge in [-0.1, -0.05) is 0 Å². The summed E-state index contributed by atoms with van der Waals surface area (Å²) in [6.45, 7) is -0.660. The maximum absolute atomic E-state index is 8.31. The van der Waals surface area contributed by atoms with Gasteiger partial charge in [0, 0.05) is 0 Å². The summed E-state index contributed by atoms with van der Waals surface area (Å²) in [5.74, 6) is 0.0237. The second kappa shape index (κ2) is 4.44. The van der Waals surface area contributed by atoms with E-state index in [1.807, 2.05) is 0 Å². The molecule has 1 rings (SSSR count). The van der Waals surface area contributed by atoms with Crippen molar-refractivity contribution in [3.8, 4) is 5.88 Å². The van der Waals surface area contributed by atoms with Gasteiger partial charge in [-0.05, 0) is 0 Å². The number of nitrogens with two attached hydrogens (primary N) is 3. The van der Waals surface area contributed by atoms with Gasteiger partial charge in [0.2, 0.25) is 11.8 Å². The third-order valence-electron chi connectivity index (χ3n) is 1.33. The van der Waals surface area contributed by atoms with Gasteiger partial charge in [0.15, 0.2) is 12.6 Å². The Bertz CT molecular complexity index is 319. The molecule has 1 aromatic heterocycles. The number of anilines is 3. The fourth-order valence-electron chi connectivity index (χ4n) is 0.727. The van der Waals surface area contributed by atoms with Gasteiger partial charge < -0.3 is 31.8 Å². The number of ether oxygens (including phenoxy) is 2. The van der Waals surface area contributed by atoms with E-state index in [9.17, 15) is 0 Å². The van der Waals surface area contributed by atoms with Crippen molar-refractivity contribution in [1.82, 2.24) is 9.97 Å². The Kier molecular flexibility index (Phi) is 3.26. The van der Waals surface area contributed by atoms with Gasteiger partial charge in [-0.15, -0.1) is 0 Å². The van der Waals surface area contributed by atoms with Crippen LogP contribution in [0.2, 0.25) is 0 Å². The number of hydrogen-bond donors (Lipinski definition) is 4. The quantitative estimate of drug-likeness (QED) is 0.341. The van der Waals surface area contributed by atoms with Crippen LogP contribution in [0.1, 0.15) is 0 Å². The summed E-state index contributed by atoms with van der Waals surface area (Å²) in [5.41, 5.74) is 16.3. The van der Waals surface area contributed by atoms with Crippen molar-refractivity contribution < 1.29 is 14.6 Å². The van der Waals surface area contributed by atoms with Crippen molar-refractivity contribution >= 4 is 17.5 Å². The van der Waals surface area contributed by atoms with E-state index in [1.165, 1.54) is 0 Å². The molecule has 7 N–H and O–H groups in total. The van der Waals surface area contributed by atoms with E-state index < -0.39 is 6.79 Å². The molecule has 0 aromatic carbocycles. The minimum atomic E-state index is -0.462. The summed E-state index contributed by atoms with van der Waals surface area (Å²) in [4.78, 5) is 7.29. The zero-order chi connectivity index (χ0) is 10.6. The van der Waals surface area contributed by atoms with E-state index in [0.29, 0.717) is 0 Å². The van der Waals surface area contributed by atoms with Crippen LogP contribution < -0.4 is 21.9 Å². The zero-order valence-electron chi connectivity index (χ0n) is 7.30. The first kappa shape index (κ1) is 10.3. The second-order valence-electron chi connectivity index (χ2n) is 2.28. The Labute approximate surface area is 79.6 Å². The smallest absolute Gasteiger partial charge is 0.246 e. The average molecular weight is 201 g/mol. The van der Waals surface area contributed by atoms with Gasteiger partial charge in [-0.3, -0.25) is 0 Å². The Balaban J connectivity index is 2.75. The molecular formula is C6H11N5O3. The van der Waals surface area contributed by atoms with Gasteiger partial charge in [0.1, 0.15) is 12.5 Å². The van der Waals surface area contributed by atoms with E-state index in [1.54, 1.807) is 0 Å². The molecule has 0 bridgehead atoms. The molecule has 8 heteroatoms. The Morgan fingerprint density at radius 3 is 2.57 bits per heavy atom. The molecule has 1 heterocycles. The third kappa shape index (κ3) is 2.34. The number of aliphatic hydroxyl groups is 1. The zero-order valence-corrected chi connectivity index (χ0v) is 7.30. The van der Waals surface area contributed by atoms with Crippen LogP contribution in [-0.2, 0) is 4.74 Å². The van der Waals surface area contributed by atoms with E-state index in [0.717, 1.165) is 0 Å². The fourth-order valence-corrected chi connectivity index (χ4v) is 0.727. The Hall–Kier alpha value is -1.80. The van der Waals surface area contributed by atoms with Crippen LogP contribution in [-0.4, -0.2) is 28.7 Å². The largest absolute Gasteiger partial charge is 0.449 e. The molecule has 78 valence electrons. The first-order valence-corrected chi connectivity index (χ1v) is 3.65. The maximum Gasteiger partial charge on any atom is 0.246 e. The summed E-state index contributed by atoms with van der Waals surface area (Å²) >= 11 is 0. The van der Waals surface area contributed by atoms with Crippen LogP contribution in [0.25, 0.3) is 0 Å². The molecule has 0 radical (unpaired) electrons. The highest BCUT2D eigenvalue weighted by Crippen LogP contribution is 2.23.